The van der Waals surface area contributed by atoms with Crippen LogP contribution < -0.4 is 0 Å². The smallest absolute Gasteiger partial charge is 0.254 e. The Hall–Kier alpha value is -1.09. The van der Waals surface area contributed by atoms with Gasteiger partial charge in [0, 0.05) is 16.2 Å². The molecule has 0 saturated heterocycles. The van der Waals surface area contributed by atoms with Crippen molar-refractivity contribution in [3.05, 3.63) is 33.4 Å². The second-order valence-electron chi connectivity index (χ2n) is 5.08. The predicted octanol–water partition coefficient (Wildman–Crippen LogP) is 3.59. The number of amides is 1. The number of halogens is 1. The van der Waals surface area contributed by atoms with E-state index in [0.717, 1.165) is 35.7 Å². The lowest BCUT2D eigenvalue weighted by Crippen LogP contribution is -2.49. The zero-order chi connectivity index (χ0) is 13.9. The normalized spacial score (nSPS) is 17.5. The van der Waals surface area contributed by atoms with Crippen molar-refractivity contribution in [3.8, 4) is 6.07 Å². The first-order valence-electron chi connectivity index (χ1n) is 6.54. The van der Waals surface area contributed by atoms with Crippen molar-refractivity contribution in [1.29, 1.82) is 5.26 Å². The number of carbonyl (C=O) groups is 1. The van der Waals surface area contributed by atoms with Crippen LogP contribution in [0.2, 0.25) is 0 Å². The third-order valence-corrected chi connectivity index (χ3v) is 4.65. The van der Waals surface area contributed by atoms with Gasteiger partial charge in [-0.2, -0.15) is 5.26 Å². The highest BCUT2D eigenvalue weighted by atomic mass is 127. The third kappa shape index (κ3) is 2.92. The van der Waals surface area contributed by atoms with Gasteiger partial charge in [0.2, 0.25) is 0 Å². The van der Waals surface area contributed by atoms with E-state index in [2.05, 4.69) is 28.7 Å². The van der Waals surface area contributed by atoms with Crippen molar-refractivity contribution in [1.82, 2.24) is 4.90 Å². The van der Waals surface area contributed by atoms with Crippen molar-refractivity contribution in [2.24, 2.45) is 0 Å². The Balaban J connectivity index is 2.22. The van der Waals surface area contributed by atoms with Gasteiger partial charge in [-0.1, -0.05) is 19.3 Å². The van der Waals surface area contributed by atoms with Gasteiger partial charge < -0.3 is 4.90 Å². The molecular weight excluding hydrogens is 351 g/mol. The monoisotopic (exact) mass is 368 g/mol. The third-order valence-electron chi connectivity index (χ3n) is 3.93. The van der Waals surface area contributed by atoms with E-state index in [1.54, 1.807) is 11.9 Å². The maximum Gasteiger partial charge on any atom is 0.254 e. The first kappa shape index (κ1) is 14.3. The van der Waals surface area contributed by atoms with Gasteiger partial charge in [0.25, 0.3) is 5.91 Å². The van der Waals surface area contributed by atoms with E-state index in [9.17, 15) is 10.1 Å². The van der Waals surface area contributed by atoms with Crippen LogP contribution in [0, 0.1) is 14.9 Å². The molecule has 19 heavy (non-hydrogen) atoms. The molecule has 0 atom stereocenters. The summed E-state index contributed by atoms with van der Waals surface area (Å²) in [5, 5.41) is 9.51. The van der Waals surface area contributed by atoms with Crippen LogP contribution in [0.5, 0.6) is 0 Å². The summed E-state index contributed by atoms with van der Waals surface area (Å²) < 4.78 is 1.10. The molecule has 1 aliphatic carbocycles. The van der Waals surface area contributed by atoms with E-state index in [4.69, 9.17) is 0 Å². The average molecular weight is 368 g/mol. The van der Waals surface area contributed by atoms with E-state index in [0.29, 0.717) is 5.56 Å². The maximum absolute atomic E-state index is 12.5. The molecule has 0 aliphatic heterocycles. The first-order valence-corrected chi connectivity index (χ1v) is 7.62. The van der Waals surface area contributed by atoms with Gasteiger partial charge in [-0.15, -0.1) is 0 Å². The largest absolute Gasteiger partial charge is 0.323 e. The van der Waals surface area contributed by atoms with Crippen LogP contribution in [0.4, 0.5) is 0 Å². The highest BCUT2D eigenvalue weighted by Crippen LogP contribution is 2.33. The van der Waals surface area contributed by atoms with Gasteiger partial charge in [-0.05, 0) is 59.7 Å². The summed E-state index contributed by atoms with van der Waals surface area (Å²) >= 11 is 2.21. The Morgan fingerprint density at radius 3 is 2.37 bits per heavy atom. The van der Waals surface area contributed by atoms with Crippen molar-refractivity contribution in [3.63, 3.8) is 0 Å². The summed E-state index contributed by atoms with van der Waals surface area (Å²) in [6.07, 6.45) is 4.79. The quantitative estimate of drug-likeness (QED) is 0.749. The minimum absolute atomic E-state index is 0.0557. The molecule has 4 heteroatoms. The topological polar surface area (TPSA) is 44.1 Å². The number of hydrogen-bond donors (Lipinski definition) is 0. The Morgan fingerprint density at radius 1 is 1.26 bits per heavy atom. The number of rotatable bonds is 2. The summed E-state index contributed by atoms with van der Waals surface area (Å²) in [5.41, 5.74) is 0.0429. The fourth-order valence-corrected chi connectivity index (χ4v) is 3.00. The van der Waals surface area contributed by atoms with Gasteiger partial charge in [-0.3, -0.25) is 4.79 Å². The molecule has 0 heterocycles. The fraction of sp³-hybridized carbons (Fsp3) is 0.467. The molecule has 3 nitrogen and oxygen atoms in total. The molecule has 0 radical (unpaired) electrons. The Morgan fingerprint density at radius 2 is 1.84 bits per heavy atom. The number of benzene rings is 1. The number of nitrogens with zero attached hydrogens (tertiary/aromatic N) is 2. The van der Waals surface area contributed by atoms with Crippen LogP contribution in [0.25, 0.3) is 0 Å². The van der Waals surface area contributed by atoms with E-state index in [1.807, 2.05) is 24.3 Å². The van der Waals surface area contributed by atoms with E-state index in [1.165, 1.54) is 0 Å². The van der Waals surface area contributed by atoms with Crippen LogP contribution in [0.3, 0.4) is 0 Å². The predicted molar refractivity (Wildman–Crippen MR) is 82.7 cm³/mol. The molecule has 0 aromatic heterocycles. The van der Waals surface area contributed by atoms with Gasteiger partial charge >= 0.3 is 0 Å². The van der Waals surface area contributed by atoms with Gasteiger partial charge in [0.05, 0.1) is 6.07 Å². The summed E-state index contributed by atoms with van der Waals surface area (Å²) in [4.78, 5) is 14.1. The van der Waals surface area contributed by atoms with Crippen molar-refractivity contribution >= 4 is 28.5 Å². The maximum atomic E-state index is 12.5. The number of hydrogen-bond acceptors (Lipinski definition) is 2. The Bertz CT molecular complexity index is 498. The standard InChI is InChI=1S/C15H17IN2O/c1-18(15(11-17)9-3-2-4-10-15)14(19)12-5-7-13(16)8-6-12/h5-8H,2-4,9-10H2,1H3. The molecule has 1 aromatic carbocycles. The zero-order valence-corrected chi connectivity index (χ0v) is 13.2. The van der Waals surface area contributed by atoms with Gasteiger partial charge in [0.1, 0.15) is 5.54 Å². The fourth-order valence-electron chi connectivity index (χ4n) is 2.64. The Labute approximate surface area is 127 Å². The van der Waals surface area contributed by atoms with Crippen molar-refractivity contribution < 1.29 is 4.79 Å². The molecule has 1 amide bonds. The molecule has 0 bridgehead atoms. The molecule has 0 unspecified atom stereocenters. The Kier molecular flexibility index (Phi) is 4.46. The zero-order valence-electron chi connectivity index (χ0n) is 11.0. The van der Waals surface area contributed by atoms with E-state index in [-0.39, 0.29) is 5.91 Å². The average Bonchev–Trinajstić information content (AvgIpc) is 2.47. The molecule has 1 fully saturated rings. The summed E-state index contributed by atoms with van der Waals surface area (Å²) in [7, 11) is 1.76. The molecule has 1 aromatic rings. The van der Waals surface area contributed by atoms with Gasteiger partial charge in [0.15, 0.2) is 0 Å². The molecule has 1 aliphatic rings. The lowest BCUT2D eigenvalue weighted by atomic mass is 9.81. The summed E-state index contributed by atoms with van der Waals surface area (Å²) in [5.74, 6) is -0.0557. The van der Waals surface area contributed by atoms with Crippen molar-refractivity contribution in [2.45, 2.75) is 37.6 Å². The lowest BCUT2D eigenvalue weighted by Gasteiger charge is -2.39. The minimum Gasteiger partial charge on any atom is -0.323 e. The van der Waals surface area contributed by atoms with E-state index >= 15 is 0 Å². The second kappa shape index (κ2) is 5.91. The molecule has 1 saturated carbocycles. The lowest BCUT2D eigenvalue weighted by molar-refractivity contribution is 0.0589. The van der Waals surface area contributed by atoms with E-state index < -0.39 is 5.54 Å². The van der Waals surface area contributed by atoms with Gasteiger partial charge in [-0.25, -0.2) is 0 Å². The second-order valence-corrected chi connectivity index (χ2v) is 6.32. The number of nitriles is 1. The number of carbonyl (C=O) groups excluding carboxylic acids is 1. The van der Waals surface area contributed by atoms with Crippen LogP contribution >= 0.6 is 22.6 Å². The minimum atomic E-state index is -0.613. The summed E-state index contributed by atoms with van der Waals surface area (Å²) in [6.45, 7) is 0. The van der Waals surface area contributed by atoms with Crippen LogP contribution in [0.1, 0.15) is 42.5 Å². The molecule has 0 N–H and O–H groups in total. The van der Waals surface area contributed by atoms with Crippen molar-refractivity contribution in [2.75, 3.05) is 7.05 Å². The first-order chi connectivity index (χ1) is 9.09. The molecular formula is C15H17IN2O. The molecule has 0 spiro atoms. The highest BCUT2D eigenvalue weighted by molar-refractivity contribution is 14.1. The van der Waals surface area contributed by atoms with Crippen LogP contribution in [0.15, 0.2) is 24.3 Å². The molecule has 100 valence electrons. The highest BCUT2D eigenvalue weighted by Gasteiger charge is 2.39. The molecule has 2 rings (SSSR count). The van der Waals surface area contributed by atoms with Crippen LogP contribution in [-0.2, 0) is 0 Å². The SMILES string of the molecule is CN(C(=O)c1ccc(I)cc1)C1(C#N)CCCCC1. The summed E-state index contributed by atoms with van der Waals surface area (Å²) in [6, 6.07) is 9.88. The van der Waals surface area contributed by atoms with Crippen LogP contribution in [-0.4, -0.2) is 23.4 Å².